The molecule has 1 unspecified atom stereocenters. The quantitative estimate of drug-likeness (QED) is 0.270. The van der Waals surface area contributed by atoms with Crippen molar-refractivity contribution in [3.8, 4) is 11.3 Å². The molecule has 0 radical (unpaired) electrons. The molecular weight excluding hydrogens is 510 g/mol. The van der Waals surface area contributed by atoms with Crippen molar-refractivity contribution in [2.75, 3.05) is 18.4 Å². The Morgan fingerprint density at radius 3 is 2.80 bits per heavy atom. The SMILES string of the molecule is Cc1n[nH]cc1Nc1nccc(-c2ccc3c(c2)CN(C[C@H](C)O)CCC3NC(=O)c2nnc(C(C)(C)C)o2)n1. The predicted molar refractivity (Wildman–Crippen MR) is 149 cm³/mol. The summed E-state index contributed by atoms with van der Waals surface area (Å²) in [6.07, 6.45) is 3.66. The van der Waals surface area contributed by atoms with Crippen molar-refractivity contribution in [2.24, 2.45) is 0 Å². The second-order valence-corrected chi connectivity index (χ2v) is 11.2. The van der Waals surface area contributed by atoms with Crippen LogP contribution >= 0.6 is 0 Å². The molecule has 1 amide bonds. The van der Waals surface area contributed by atoms with Gasteiger partial charge in [0.25, 0.3) is 0 Å². The molecule has 0 bridgehead atoms. The van der Waals surface area contributed by atoms with Crippen molar-refractivity contribution in [3.63, 3.8) is 0 Å². The summed E-state index contributed by atoms with van der Waals surface area (Å²) in [5, 5.41) is 31.4. The van der Waals surface area contributed by atoms with Crippen LogP contribution in [0.1, 0.15) is 73.6 Å². The summed E-state index contributed by atoms with van der Waals surface area (Å²) in [4.78, 5) is 24.4. The Bertz CT molecular complexity index is 1490. The second-order valence-electron chi connectivity index (χ2n) is 11.2. The van der Waals surface area contributed by atoms with Gasteiger partial charge in [0.15, 0.2) is 0 Å². The van der Waals surface area contributed by atoms with Crippen molar-refractivity contribution in [3.05, 3.63) is 65.3 Å². The van der Waals surface area contributed by atoms with Crippen molar-refractivity contribution in [1.29, 1.82) is 0 Å². The number of rotatable bonds is 7. The molecule has 4 N–H and O–H groups in total. The van der Waals surface area contributed by atoms with Crippen molar-refractivity contribution >= 4 is 17.5 Å². The van der Waals surface area contributed by atoms with E-state index in [4.69, 9.17) is 9.40 Å². The topological polar surface area (TPSA) is 158 Å². The highest BCUT2D eigenvalue weighted by Gasteiger charge is 2.28. The fourth-order valence-electron chi connectivity index (χ4n) is 4.73. The van der Waals surface area contributed by atoms with Gasteiger partial charge in [-0.15, -0.1) is 10.2 Å². The molecule has 4 aromatic rings. The molecule has 0 saturated heterocycles. The summed E-state index contributed by atoms with van der Waals surface area (Å²) in [5.41, 5.74) is 5.00. The average molecular weight is 546 g/mol. The predicted octanol–water partition coefficient (Wildman–Crippen LogP) is 3.66. The number of aliphatic hydroxyl groups excluding tert-OH is 1. The molecule has 3 aromatic heterocycles. The maximum Gasteiger partial charge on any atom is 0.309 e. The van der Waals surface area contributed by atoms with Crippen LogP contribution in [0.25, 0.3) is 11.3 Å². The highest BCUT2D eigenvalue weighted by atomic mass is 16.4. The van der Waals surface area contributed by atoms with E-state index in [9.17, 15) is 9.90 Å². The number of hydrogen-bond donors (Lipinski definition) is 4. The number of benzene rings is 1. The first-order valence-electron chi connectivity index (χ1n) is 13.4. The lowest BCUT2D eigenvalue weighted by molar-refractivity contribution is 0.0889. The molecule has 5 rings (SSSR count). The van der Waals surface area contributed by atoms with E-state index < -0.39 is 12.0 Å². The van der Waals surface area contributed by atoms with E-state index in [-0.39, 0.29) is 17.3 Å². The van der Waals surface area contributed by atoms with E-state index in [2.05, 4.69) is 47.0 Å². The van der Waals surface area contributed by atoms with Gasteiger partial charge in [0, 0.05) is 43.0 Å². The Hall–Kier alpha value is -4.16. The van der Waals surface area contributed by atoms with Crippen LogP contribution in [-0.4, -0.2) is 65.5 Å². The van der Waals surface area contributed by atoms with Crippen LogP contribution < -0.4 is 10.6 Å². The van der Waals surface area contributed by atoms with Gasteiger partial charge in [0.1, 0.15) is 0 Å². The Morgan fingerprint density at radius 1 is 1.27 bits per heavy atom. The molecule has 1 aliphatic heterocycles. The highest BCUT2D eigenvalue weighted by molar-refractivity contribution is 5.89. The van der Waals surface area contributed by atoms with Crippen LogP contribution in [0.3, 0.4) is 0 Å². The standard InChI is InChI=1S/C28H35N9O3/c1-16(38)14-37-11-9-22(31-24(39)25-35-36-26(40-25)28(3,4)5)20-7-6-18(12-19(20)15-37)21-8-10-29-27(32-21)33-23-13-30-34-17(23)2/h6-8,10,12-13,16,22,38H,9,11,14-15H2,1-5H3,(H,30,34)(H,31,39)(H,29,32,33)/t16-,22?/m0/s1. The third-order valence-corrected chi connectivity index (χ3v) is 6.76. The zero-order valence-electron chi connectivity index (χ0n) is 23.4. The molecule has 2 atom stereocenters. The van der Waals surface area contributed by atoms with Crippen molar-refractivity contribution in [1.82, 2.24) is 40.6 Å². The maximum absolute atomic E-state index is 13.1. The number of aryl methyl sites for hydroxylation is 1. The van der Waals surface area contributed by atoms with Crippen LogP contribution in [0.2, 0.25) is 0 Å². The monoisotopic (exact) mass is 545 g/mol. The highest BCUT2D eigenvalue weighted by Crippen LogP contribution is 2.31. The first kappa shape index (κ1) is 27.4. The first-order chi connectivity index (χ1) is 19.1. The lowest BCUT2D eigenvalue weighted by Crippen LogP contribution is -2.32. The summed E-state index contributed by atoms with van der Waals surface area (Å²) in [7, 11) is 0. The van der Waals surface area contributed by atoms with Gasteiger partial charge in [-0.2, -0.15) is 5.10 Å². The number of aliphatic hydroxyl groups is 1. The van der Waals surface area contributed by atoms with Gasteiger partial charge in [0.05, 0.1) is 29.2 Å². The number of fused-ring (bicyclic) bond motifs is 1. The smallest absolute Gasteiger partial charge is 0.309 e. The molecule has 12 heteroatoms. The number of amides is 1. The number of nitrogens with one attached hydrogen (secondary N) is 3. The number of carbonyl (C=O) groups excluding carboxylic acids is 1. The molecule has 1 aromatic carbocycles. The minimum Gasteiger partial charge on any atom is -0.416 e. The summed E-state index contributed by atoms with van der Waals surface area (Å²) < 4.78 is 5.67. The zero-order valence-corrected chi connectivity index (χ0v) is 23.4. The van der Waals surface area contributed by atoms with E-state index >= 15 is 0 Å². The lowest BCUT2D eigenvalue weighted by atomic mass is 9.96. The molecule has 0 aliphatic carbocycles. The van der Waals surface area contributed by atoms with Crippen molar-refractivity contribution in [2.45, 2.75) is 65.1 Å². The zero-order chi connectivity index (χ0) is 28.4. The normalized spacial score (nSPS) is 16.7. The Kier molecular flexibility index (Phi) is 7.63. The Labute approximate surface area is 232 Å². The van der Waals surface area contributed by atoms with E-state index in [1.807, 2.05) is 45.9 Å². The average Bonchev–Trinajstić information content (AvgIpc) is 3.52. The number of nitrogens with zero attached hydrogens (tertiary/aromatic N) is 6. The Balaban J connectivity index is 1.43. The number of H-pyrrole nitrogens is 1. The maximum atomic E-state index is 13.1. The number of hydrogen-bond acceptors (Lipinski definition) is 10. The number of β-amino-alcohol motifs (C(OH)–C–C–N with tert-alkyl or cyclic N) is 1. The molecular formula is C28H35N9O3. The molecule has 4 heterocycles. The molecule has 210 valence electrons. The third-order valence-electron chi connectivity index (χ3n) is 6.76. The number of carbonyl (C=O) groups is 1. The van der Waals surface area contributed by atoms with Gasteiger partial charge >= 0.3 is 11.8 Å². The molecule has 40 heavy (non-hydrogen) atoms. The fraction of sp³-hybridized carbons (Fsp3) is 0.429. The number of aromatic nitrogens is 6. The molecule has 1 aliphatic rings. The molecule has 0 fully saturated rings. The van der Waals surface area contributed by atoms with Crippen LogP contribution in [0, 0.1) is 6.92 Å². The van der Waals surface area contributed by atoms with Gasteiger partial charge in [0.2, 0.25) is 11.8 Å². The summed E-state index contributed by atoms with van der Waals surface area (Å²) in [6, 6.07) is 7.72. The van der Waals surface area contributed by atoms with Gasteiger partial charge in [-0.05, 0) is 43.5 Å². The van der Waals surface area contributed by atoms with Gasteiger partial charge in [-0.1, -0.05) is 32.9 Å². The van der Waals surface area contributed by atoms with Gasteiger partial charge < -0.3 is 20.2 Å². The number of anilines is 2. The van der Waals surface area contributed by atoms with E-state index in [0.717, 1.165) is 33.8 Å². The molecule has 0 spiro atoms. The van der Waals surface area contributed by atoms with Crippen molar-refractivity contribution < 1.29 is 14.3 Å². The number of aromatic amines is 1. The van der Waals surface area contributed by atoms with Crippen LogP contribution in [0.4, 0.5) is 11.6 Å². The van der Waals surface area contributed by atoms with Crippen LogP contribution in [0.5, 0.6) is 0 Å². The summed E-state index contributed by atoms with van der Waals surface area (Å²) in [6.45, 7) is 11.4. The Morgan fingerprint density at radius 2 is 2.10 bits per heavy atom. The summed E-state index contributed by atoms with van der Waals surface area (Å²) in [5.74, 6) is 0.412. The largest absolute Gasteiger partial charge is 0.416 e. The van der Waals surface area contributed by atoms with E-state index in [1.54, 1.807) is 19.3 Å². The first-order valence-corrected chi connectivity index (χ1v) is 13.4. The van der Waals surface area contributed by atoms with Crippen LogP contribution in [0.15, 0.2) is 41.1 Å². The fourth-order valence-corrected chi connectivity index (χ4v) is 4.73. The summed E-state index contributed by atoms with van der Waals surface area (Å²) >= 11 is 0. The molecule has 12 nitrogen and oxygen atoms in total. The van der Waals surface area contributed by atoms with Gasteiger partial charge in [-0.25, -0.2) is 9.97 Å². The third kappa shape index (κ3) is 6.18. The minimum absolute atomic E-state index is 0.0537. The van der Waals surface area contributed by atoms with E-state index in [0.29, 0.717) is 37.9 Å². The minimum atomic E-state index is -0.478. The van der Waals surface area contributed by atoms with Gasteiger partial charge in [-0.3, -0.25) is 14.8 Å². The lowest BCUT2D eigenvalue weighted by Gasteiger charge is -2.22. The molecule has 0 saturated carbocycles. The van der Waals surface area contributed by atoms with Crippen LogP contribution in [-0.2, 0) is 12.0 Å². The second kappa shape index (κ2) is 11.1. The van der Waals surface area contributed by atoms with E-state index in [1.165, 1.54) is 0 Å².